The molecule has 1 rings (SSSR count). The molecule has 0 radical (unpaired) electrons. The van der Waals surface area contributed by atoms with Gasteiger partial charge in [-0.2, -0.15) is 12.6 Å². The highest BCUT2D eigenvalue weighted by atomic mass is 32.1. The van der Waals surface area contributed by atoms with Gasteiger partial charge < -0.3 is 15.1 Å². The van der Waals surface area contributed by atoms with Gasteiger partial charge in [0.25, 0.3) is 0 Å². The average Bonchev–Trinajstić information content (AvgIpc) is 2.31. The van der Waals surface area contributed by atoms with E-state index in [-0.39, 0.29) is 17.6 Å². The molecule has 2 N–H and O–H groups in total. The van der Waals surface area contributed by atoms with E-state index in [1.54, 1.807) is 0 Å². The lowest BCUT2D eigenvalue weighted by Gasteiger charge is -2.22. The van der Waals surface area contributed by atoms with Gasteiger partial charge in [-0.3, -0.25) is 4.79 Å². The van der Waals surface area contributed by atoms with Crippen LogP contribution in [0.15, 0.2) is 0 Å². The van der Waals surface area contributed by atoms with E-state index in [4.69, 9.17) is 10.2 Å². The zero-order chi connectivity index (χ0) is 10.0. The van der Waals surface area contributed by atoms with Crippen LogP contribution < -0.4 is 0 Å². The lowest BCUT2D eigenvalue weighted by atomic mass is 10.3. The van der Waals surface area contributed by atoms with Gasteiger partial charge in [0.15, 0.2) is 6.04 Å². The molecule has 0 aromatic rings. The number of aliphatic carboxylic acids is 1. The molecule has 0 spiro atoms. The minimum Gasteiger partial charge on any atom is -0.480 e. The molecule has 1 unspecified atom stereocenters. The van der Waals surface area contributed by atoms with E-state index in [1.165, 1.54) is 0 Å². The van der Waals surface area contributed by atoms with E-state index in [9.17, 15) is 9.59 Å². The largest absolute Gasteiger partial charge is 0.480 e. The summed E-state index contributed by atoms with van der Waals surface area (Å²) >= 11 is 4.08. The predicted octanol–water partition coefficient (Wildman–Crippen LogP) is -1.04. The van der Waals surface area contributed by atoms with Gasteiger partial charge in [0.2, 0.25) is 5.91 Å². The lowest BCUT2D eigenvalue weighted by molar-refractivity contribution is -0.149. The van der Waals surface area contributed by atoms with Crippen LogP contribution in [0, 0.1) is 0 Å². The van der Waals surface area contributed by atoms with Gasteiger partial charge in [-0.1, -0.05) is 0 Å². The van der Waals surface area contributed by atoms with E-state index in [0.29, 0.717) is 6.54 Å². The molecule has 2 atom stereocenters. The van der Waals surface area contributed by atoms with Crippen molar-refractivity contribution in [2.24, 2.45) is 0 Å². The molecule has 0 aromatic heterocycles. The Balaban J connectivity index is 2.69. The summed E-state index contributed by atoms with van der Waals surface area (Å²) in [6.45, 7) is -0.263. The molecule has 0 saturated carbocycles. The summed E-state index contributed by atoms with van der Waals surface area (Å²) in [6, 6.07) is -1.12. The molecule has 1 saturated heterocycles. The van der Waals surface area contributed by atoms with Gasteiger partial charge in [0.05, 0.1) is 6.61 Å². The Morgan fingerprint density at radius 2 is 2.38 bits per heavy atom. The van der Waals surface area contributed by atoms with Gasteiger partial charge in [-0.25, -0.2) is 4.79 Å². The van der Waals surface area contributed by atoms with Crippen LogP contribution in [-0.4, -0.2) is 51.4 Å². The van der Waals surface area contributed by atoms with Crippen molar-refractivity contribution in [2.75, 3.05) is 13.2 Å². The smallest absolute Gasteiger partial charge is 0.328 e. The number of hydrogen-bond donors (Lipinski definition) is 3. The van der Waals surface area contributed by atoms with Gasteiger partial charge in [0, 0.05) is 18.2 Å². The number of nitrogens with zero attached hydrogens (tertiary/aromatic N) is 1. The Labute approximate surface area is 80.7 Å². The van der Waals surface area contributed by atoms with Crippen LogP contribution in [-0.2, 0) is 9.59 Å². The van der Waals surface area contributed by atoms with Crippen molar-refractivity contribution in [2.45, 2.75) is 17.7 Å². The van der Waals surface area contributed by atoms with Crippen LogP contribution in [0.3, 0.4) is 0 Å². The molecule has 1 aliphatic rings. The highest BCUT2D eigenvalue weighted by molar-refractivity contribution is 7.81. The van der Waals surface area contributed by atoms with E-state index in [1.807, 2.05) is 0 Å². The van der Waals surface area contributed by atoms with Crippen LogP contribution >= 0.6 is 12.6 Å². The zero-order valence-electron chi connectivity index (χ0n) is 6.88. The fraction of sp³-hybridized carbons (Fsp3) is 0.714. The summed E-state index contributed by atoms with van der Waals surface area (Å²) in [7, 11) is 0. The third kappa shape index (κ3) is 2.13. The number of carboxylic acid groups (broad SMARTS) is 1. The Hall–Kier alpha value is -0.750. The highest BCUT2D eigenvalue weighted by Crippen LogP contribution is 2.18. The molecule has 0 bridgehead atoms. The first-order valence-corrected chi connectivity index (χ1v) is 4.39. The number of carbonyl (C=O) groups excluding carboxylic acids is 1. The summed E-state index contributed by atoms with van der Waals surface area (Å²) < 4.78 is 0. The quantitative estimate of drug-likeness (QED) is 0.514. The maximum Gasteiger partial charge on any atom is 0.328 e. The number of carbonyl (C=O) groups is 2. The molecular weight excluding hydrogens is 194 g/mol. The second-order valence-corrected chi connectivity index (χ2v) is 3.67. The van der Waals surface area contributed by atoms with E-state index in [2.05, 4.69) is 12.6 Å². The number of hydrogen-bond acceptors (Lipinski definition) is 4. The molecule has 13 heavy (non-hydrogen) atoms. The molecule has 1 amide bonds. The summed E-state index contributed by atoms with van der Waals surface area (Å²) in [5.41, 5.74) is 0. The molecule has 0 aromatic carbocycles. The average molecular weight is 205 g/mol. The number of likely N-dealkylation sites (tertiary alicyclic amines) is 1. The van der Waals surface area contributed by atoms with Crippen molar-refractivity contribution in [3.05, 3.63) is 0 Å². The minimum absolute atomic E-state index is 0.124. The first-order valence-electron chi connectivity index (χ1n) is 3.87. The van der Waals surface area contributed by atoms with Crippen molar-refractivity contribution < 1.29 is 19.8 Å². The zero-order valence-corrected chi connectivity index (χ0v) is 7.78. The Morgan fingerprint density at radius 1 is 1.77 bits per heavy atom. The molecule has 74 valence electrons. The van der Waals surface area contributed by atoms with Gasteiger partial charge >= 0.3 is 5.97 Å². The van der Waals surface area contributed by atoms with Crippen molar-refractivity contribution in [1.82, 2.24) is 4.90 Å². The van der Waals surface area contributed by atoms with Crippen LogP contribution in [0.1, 0.15) is 6.42 Å². The van der Waals surface area contributed by atoms with Crippen LogP contribution in [0.4, 0.5) is 0 Å². The molecular formula is C7H11NO4S. The van der Waals surface area contributed by atoms with E-state index < -0.39 is 18.6 Å². The number of carboxylic acids is 1. The fourth-order valence-corrected chi connectivity index (χ4v) is 1.66. The standard InChI is InChI=1S/C7H11NO4S/c9-3-5(7(11)12)8-2-4(13)1-6(8)10/h4-5,9,13H,1-3H2,(H,11,12)/t4?,5-/m0/s1. The number of amides is 1. The number of thiol groups is 1. The van der Waals surface area contributed by atoms with Crippen LogP contribution in [0.2, 0.25) is 0 Å². The minimum atomic E-state index is -1.18. The second kappa shape index (κ2) is 3.97. The van der Waals surface area contributed by atoms with Crippen molar-refractivity contribution in [3.63, 3.8) is 0 Å². The Morgan fingerprint density at radius 3 is 2.69 bits per heavy atom. The fourth-order valence-electron chi connectivity index (χ4n) is 1.32. The first kappa shape index (κ1) is 10.3. The highest BCUT2D eigenvalue weighted by Gasteiger charge is 2.35. The maximum absolute atomic E-state index is 11.2. The molecule has 1 heterocycles. The third-order valence-corrected chi connectivity index (χ3v) is 2.32. The van der Waals surface area contributed by atoms with Crippen LogP contribution in [0.5, 0.6) is 0 Å². The third-order valence-electron chi connectivity index (χ3n) is 1.97. The van der Waals surface area contributed by atoms with Gasteiger partial charge in [-0.15, -0.1) is 0 Å². The van der Waals surface area contributed by atoms with Gasteiger partial charge in [0.1, 0.15) is 0 Å². The molecule has 5 nitrogen and oxygen atoms in total. The summed E-state index contributed by atoms with van der Waals surface area (Å²) in [5, 5.41) is 17.3. The van der Waals surface area contributed by atoms with Crippen LogP contribution in [0.25, 0.3) is 0 Å². The molecule has 1 aliphatic heterocycles. The molecule has 1 fully saturated rings. The summed E-state index contributed by atoms with van der Waals surface area (Å²) in [5.74, 6) is -1.44. The molecule has 6 heteroatoms. The van der Waals surface area contributed by atoms with E-state index >= 15 is 0 Å². The lowest BCUT2D eigenvalue weighted by Crippen LogP contribution is -2.44. The number of aliphatic hydroxyl groups is 1. The van der Waals surface area contributed by atoms with Gasteiger partial charge in [-0.05, 0) is 0 Å². The number of aliphatic hydroxyl groups excluding tert-OH is 1. The topological polar surface area (TPSA) is 77.8 Å². The number of rotatable bonds is 3. The monoisotopic (exact) mass is 205 g/mol. The van der Waals surface area contributed by atoms with E-state index in [0.717, 1.165) is 4.90 Å². The summed E-state index contributed by atoms with van der Waals surface area (Å²) in [4.78, 5) is 22.9. The Kier molecular flexibility index (Phi) is 3.16. The van der Waals surface area contributed by atoms with Crippen molar-refractivity contribution in [1.29, 1.82) is 0 Å². The second-order valence-electron chi connectivity index (χ2n) is 2.94. The Bertz CT molecular complexity index is 233. The predicted molar refractivity (Wildman–Crippen MR) is 47.6 cm³/mol. The van der Waals surface area contributed by atoms with Crippen molar-refractivity contribution in [3.8, 4) is 0 Å². The SMILES string of the molecule is O=C(O)[C@H](CO)N1CC(S)CC1=O. The summed E-state index contributed by atoms with van der Waals surface area (Å²) in [6.07, 6.45) is 0.243. The normalized spacial score (nSPS) is 24.9. The molecule has 0 aliphatic carbocycles. The maximum atomic E-state index is 11.2. The van der Waals surface area contributed by atoms with Crippen molar-refractivity contribution >= 4 is 24.5 Å². The first-order chi connectivity index (χ1) is 6.06.